The van der Waals surface area contributed by atoms with Gasteiger partial charge in [-0.1, -0.05) is 12.2 Å². The quantitative estimate of drug-likeness (QED) is 0.495. The fourth-order valence-electron chi connectivity index (χ4n) is 1.32. The summed E-state index contributed by atoms with van der Waals surface area (Å²) in [4.78, 5) is 23.1. The summed E-state index contributed by atoms with van der Waals surface area (Å²) < 4.78 is 0. The molecule has 0 fully saturated rings. The number of Topliss-reactive ketones (excluding diaryl/α,β-unsaturated/α-hetero) is 1. The van der Waals surface area contributed by atoms with Crippen molar-refractivity contribution in [1.29, 1.82) is 0 Å². The van der Waals surface area contributed by atoms with E-state index in [4.69, 9.17) is 0 Å². The highest BCUT2D eigenvalue weighted by Crippen LogP contribution is 2.20. The number of rotatable bonds is 2. The standard InChI is InChI=1S/C12H14O2/c1-4-5-6-10-7-11(13)8(2)9(3)12(10)14/h4-5,7H,6H2,1-3H3/b5-4+. The molecule has 74 valence electrons. The monoisotopic (exact) mass is 190 g/mol. The zero-order chi connectivity index (χ0) is 10.7. The number of carbonyl (C=O) groups is 2. The molecule has 0 N–H and O–H groups in total. The van der Waals surface area contributed by atoms with Gasteiger partial charge in [0.05, 0.1) is 0 Å². The highest BCUT2D eigenvalue weighted by molar-refractivity contribution is 6.22. The summed E-state index contributed by atoms with van der Waals surface area (Å²) in [5.41, 5.74) is 1.74. The molecule has 0 saturated heterocycles. The molecule has 0 atom stereocenters. The molecule has 0 radical (unpaired) electrons. The average molecular weight is 190 g/mol. The number of carbonyl (C=O) groups excluding carboxylic acids is 2. The predicted molar refractivity (Wildman–Crippen MR) is 55.9 cm³/mol. The third-order valence-electron chi connectivity index (χ3n) is 2.44. The molecule has 1 aliphatic rings. The molecule has 0 spiro atoms. The molecule has 0 aromatic carbocycles. The molecule has 2 heteroatoms. The molecule has 0 aromatic rings. The topological polar surface area (TPSA) is 34.1 Å². The van der Waals surface area contributed by atoms with Gasteiger partial charge in [0, 0.05) is 16.7 Å². The smallest absolute Gasteiger partial charge is 0.185 e. The van der Waals surface area contributed by atoms with E-state index in [1.807, 2.05) is 19.1 Å². The maximum absolute atomic E-state index is 11.7. The maximum atomic E-state index is 11.7. The Labute approximate surface area is 84.0 Å². The van der Waals surface area contributed by atoms with Crippen molar-refractivity contribution in [2.24, 2.45) is 0 Å². The van der Waals surface area contributed by atoms with E-state index in [0.29, 0.717) is 23.1 Å². The van der Waals surface area contributed by atoms with E-state index in [-0.39, 0.29) is 11.6 Å². The summed E-state index contributed by atoms with van der Waals surface area (Å²) in [5, 5.41) is 0. The number of hydrogen-bond acceptors (Lipinski definition) is 2. The zero-order valence-corrected chi connectivity index (χ0v) is 8.76. The van der Waals surface area contributed by atoms with Gasteiger partial charge in [0.15, 0.2) is 11.6 Å². The van der Waals surface area contributed by atoms with Gasteiger partial charge < -0.3 is 0 Å². The molecule has 14 heavy (non-hydrogen) atoms. The van der Waals surface area contributed by atoms with Crippen molar-refractivity contribution in [2.45, 2.75) is 27.2 Å². The van der Waals surface area contributed by atoms with E-state index in [1.54, 1.807) is 13.8 Å². The normalized spacial score (nSPS) is 18.1. The first-order valence-corrected chi connectivity index (χ1v) is 4.66. The van der Waals surface area contributed by atoms with Gasteiger partial charge in [-0.3, -0.25) is 9.59 Å². The van der Waals surface area contributed by atoms with E-state index in [9.17, 15) is 9.59 Å². The Balaban J connectivity index is 2.97. The lowest BCUT2D eigenvalue weighted by Gasteiger charge is -2.12. The Morgan fingerprint density at radius 3 is 2.43 bits per heavy atom. The largest absolute Gasteiger partial charge is 0.290 e. The summed E-state index contributed by atoms with van der Waals surface area (Å²) in [6.07, 6.45) is 5.75. The second-order valence-electron chi connectivity index (χ2n) is 3.39. The van der Waals surface area contributed by atoms with E-state index >= 15 is 0 Å². The first-order valence-electron chi connectivity index (χ1n) is 4.66. The molecule has 0 unspecified atom stereocenters. The molecule has 0 bridgehead atoms. The van der Waals surface area contributed by atoms with Gasteiger partial charge in [-0.15, -0.1) is 0 Å². The van der Waals surface area contributed by atoms with Gasteiger partial charge in [0.1, 0.15) is 0 Å². The van der Waals surface area contributed by atoms with Crippen molar-refractivity contribution < 1.29 is 9.59 Å². The highest BCUT2D eigenvalue weighted by atomic mass is 16.1. The molecular formula is C12H14O2. The van der Waals surface area contributed by atoms with E-state index < -0.39 is 0 Å². The van der Waals surface area contributed by atoms with Crippen molar-refractivity contribution in [3.05, 3.63) is 34.9 Å². The van der Waals surface area contributed by atoms with Crippen LogP contribution in [0.1, 0.15) is 27.2 Å². The van der Waals surface area contributed by atoms with Gasteiger partial charge in [-0.2, -0.15) is 0 Å². The van der Waals surface area contributed by atoms with Crippen LogP contribution in [0.2, 0.25) is 0 Å². The van der Waals surface area contributed by atoms with Gasteiger partial charge in [-0.25, -0.2) is 0 Å². The van der Waals surface area contributed by atoms with Crippen LogP contribution in [0.25, 0.3) is 0 Å². The minimum absolute atomic E-state index is 0.000185. The Morgan fingerprint density at radius 1 is 1.21 bits per heavy atom. The Bertz CT molecular complexity index is 368. The summed E-state index contributed by atoms with van der Waals surface area (Å²) in [6, 6.07) is 0. The molecule has 0 heterocycles. The van der Waals surface area contributed by atoms with Crippen LogP contribution in [0, 0.1) is 0 Å². The Morgan fingerprint density at radius 2 is 1.86 bits per heavy atom. The minimum Gasteiger partial charge on any atom is -0.290 e. The van der Waals surface area contributed by atoms with E-state index in [2.05, 4.69) is 0 Å². The molecule has 0 aromatic heterocycles. The van der Waals surface area contributed by atoms with E-state index in [0.717, 1.165) is 0 Å². The fraction of sp³-hybridized carbons (Fsp3) is 0.333. The maximum Gasteiger partial charge on any atom is 0.185 e. The Kier molecular flexibility index (Phi) is 3.18. The first kappa shape index (κ1) is 10.6. The predicted octanol–water partition coefficient (Wildman–Crippen LogP) is 2.37. The van der Waals surface area contributed by atoms with Gasteiger partial charge in [0.25, 0.3) is 0 Å². The van der Waals surface area contributed by atoms with Crippen LogP contribution in [0.15, 0.2) is 34.9 Å². The van der Waals surface area contributed by atoms with Crippen LogP contribution in [0.5, 0.6) is 0 Å². The van der Waals surface area contributed by atoms with Gasteiger partial charge in [-0.05, 0) is 33.3 Å². The average Bonchev–Trinajstić information content (AvgIpc) is 2.18. The lowest BCUT2D eigenvalue weighted by atomic mass is 9.90. The second kappa shape index (κ2) is 4.18. The van der Waals surface area contributed by atoms with Crippen LogP contribution < -0.4 is 0 Å². The minimum atomic E-state index is -0.0402. The number of allylic oxidation sites excluding steroid dienone is 6. The molecule has 0 amide bonds. The number of hydrogen-bond donors (Lipinski definition) is 0. The van der Waals surface area contributed by atoms with Crippen molar-refractivity contribution in [3.8, 4) is 0 Å². The van der Waals surface area contributed by atoms with Crippen LogP contribution >= 0.6 is 0 Å². The van der Waals surface area contributed by atoms with Crippen LogP contribution in [-0.2, 0) is 9.59 Å². The molecule has 1 aliphatic carbocycles. The third kappa shape index (κ3) is 1.90. The zero-order valence-electron chi connectivity index (χ0n) is 8.76. The van der Waals surface area contributed by atoms with Crippen molar-refractivity contribution >= 4 is 11.6 Å². The number of ketones is 2. The fourth-order valence-corrected chi connectivity index (χ4v) is 1.32. The van der Waals surface area contributed by atoms with Gasteiger partial charge in [0.2, 0.25) is 0 Å². The highest BCUT2D eigenvalue weighted by Gasteiger charge is 2.21. The SMILES string of the molecule is C/C=C/CC1=CC(=O)C(C)=C(C)C1=O. The summed E-state index contributed by atoms with van der Waals surface area (Å²) >= 11 is 0. The summed E-state index contributed by atoms with van der Waals surface area (Å²) in [5.74, 6) is -0.0400. The first-order chi connectivity index (χ1) is 6.57. The molecule has 2 nitrogen and oxygen atoms in total. The van der Waals surface area contributed by atoms with Gasteiger partial charge >= 0.3 is 0 Å². The Hall–Kier alpha value is -1.44. The van der Waals surface area contributed by atoms with Crippen molar-refractivity contribution in [1.82, 2.24) is 0 Å². The molecular weight excluding hydrogens is 176 g/mol. The van der Waals surface area contributed by atoms with Crippen molar-refractivity contribution in [2.75, 3.05) is 0 Å². The van der Waals surface area contributed by atoms with Crippen molar-refractivity contribution in [3.63, 3.8) is 0 Å². The van der Waals surface area contributed by atoms with Crippen LogP contribution in [0.4, 0.5) is 0 Å². The molecule has 1 rings (SSSR count). The lowest BCUT2D eigenvalue weighted by molar-refractivity contribution is -0.115. The second-order valence-corrected chi connectivity index (χ2v) is 3.39. The van der Waals surface area contributed by atoms with Crippen LogP contribution in [-0.4, -0.2) is 11.6 Å². The lowest BCUT2D eigenvalue weighted by Crippen LogP contribution is -2.16. The van der Waals surface area contributed by atoms with Crippen LogP contribution in [0.3, 0.4) is 0 Å². The summed E-state index contributed by atoms with van der Waals surface area (Å²) in [6.45, 7) is 5.29. The van der Waals surface area contributed by atoms with E-state index in [1.165, 1.54) is 6.08 Å². The molecule has 0 saturated carbocycles. The molecule has 0 aliphatic heterocycles. The third-order valence-corrected chi connectivity index (χ3v) is 2.44. The summed E-state index contributed by atoms with van der Waals surface area (Å²) in [7, 11) is 0.